The molecule has 0 saturated heterocycles. The molecule has 0 aliphatic carbocycles. The van der Waals surface area contributed by atoms with Crippen LogP contribution in [0.1, 0.15) is 27.2 Å². The van der Waals surface area contributed by atoms with Crippen molar-refractivity contribution in [2.24, 2.45) is 11.1 Å². The Morgan fingerprint density at radius 3 is 2.33 bits per heavy atom. The monoisotopic (exact) mass is 207 g/mol. The summed E-state index contributed by atoms with van der Waals surface area (Å²) in [5, 5.41) is 0. The first-order valence-corrected chi connectivity index (χ1v) is 5.41. The van der Waals surface area contributed by atoms with Gasteiger partial charge in [-0.1, -0.05) is 39.0 Å². The molecule has 1 unspecified atom stereocenters. The standard InChI is InChI=1S/C13H21NO/c1-13(2,3)9-11(14)10-15-12-7-5-4-6-8-12/h4-8,11H,9-10,14H2,1-3H3. The van der Waals surface area contributed by atoms with Crippen molar-refractivity contribution >= 4 is 0 Å². The summed E-state index contributed by atoms with van der Waals surface area (Å²) >= 11 is 0. The summed E-state index contributed by atoms with van der Waals surface area (Å²) in [4.78, 5) is 0. The molecule has 0 fully saturated rings. The van der Waals surface area contributed by atoms with E-state index < -0.39 is 0 Å². The number of benzene rings is 1. The van der Waals surface area contributed by atoms with Crippen LogP contribution in [0, 0.1) is 5.41 Å². The maximum atomic E-state index is 5.98. The Kier molecular flexibility index (Phi) is 4.15. The quantitative estimate of drug-likeness (QED) is 0.824. The Hall–Kier alpha value is -1.02. The minimum Gasteiger partial charge on any atom is -0.492 e. The number of hydrogen-bond donors (Lipinski definition) is 1. The summed E-state index contributed by atoms with van der Waals surface area (Å²) in [5.74, 6) is 0.891. The maximum absolute atomic E-state index is 5.98. The summed E-state index contributed by atoms with van der Waals surface area (Å²) in [6, 6.07) is 9.90. The molecule has 2 nitrogen and oxygen atoms in total. The van der Waals surface area contributed by atoms with Gasteiger partial charge < -0.3 is 10.5 Å². The maximum Gasteiger partial charge on any atom is 0.119 e. The Morgan fingerprint density at radius 1 is 1.20 bits per heavy atom. The highest BCUT2D eigenvalue weighted by molar-refractivity contribution is 5.20. The van der Waals surface area contributed by atoms with Crippen LogP contribution in [0.5, 0.6) is 5.75 Å². The summed E-state index contributed by atoms with van der Waals surface area (Å²) < 4.78 is 5.59. The smallest absolute Gasteiger partial charge is 0.119 e. The average Bonchev–Trinajstić information content (AvgIpc) is 2.14. The van der Waals surface area contributed by atoms with Crippen LogP contribution in [0.3, 0.4) is 0 Å². The lowest BCUT2D eigenvalue weighted by molar-refractivity contribution is 0.241. The summed E-state index contributed by atoms with van der Waals surface area (Å²) in [6.07, 6.45) is 0.972. The van der Waals surface area contributed by atoms with Gasteiger partial charge in [0, 0.05) is 6.04 Å². The second-order valence-corrected chi connectivity index (χ2v) is 5.15. The van der Waals surface area contributed by atoms with Gasteiger partial charge in [0.25, 0.3) is 0 Å². The lowest BCUT2D eigenvalue weighted by atomic mass is 9.89. The molecular formula is C13H21NO. The van der Waals surface area contributed by atoms with E-state index in [1.165, 1.54) is 0 Å². The Morgan fingerprint density at radius 2 is 1.80 bits per heavy atom. The van der Waals surface area contributed by atoms with Gasteiger partial charge in [0.2, 0.25) is 0 Å². The van der Waals surface area contributed by atoms with E-state index in [0.29, 0.717) is 6.61 Å². The molecule has 1 rings (SSSR count). The van der Waals surface area contributed by atoms with Gasteiger partial charge in [0.05, 0.1) is 0 Å². The molecule has 0 bridgehead atoms. The molecule has 1 atom stereocenters. The van der Waals surface area contributed by atoms with Crippen molar-refractivity contribution in [1.82, 2.24) is 0 Å². The van der Waals surface area contributed by atoms with E-state index in [4.69, 9.17) is 10.5 Å². The van der Waals surface area contributed by atoms with Crippen LogP contribution in [0.4, 0.5) is 0 Å². The van der Waals surface area contributed by atoms with Gasteiger partial charge >= 0.3 is 0 Å². The highest BCUT2D eigenvalue weighted by Crippen LogP contribution is 2.20. The molecule has 1 aromatic carbocycles. The van der Waals surface area contributed by atoms with E-state index in [2.05, 4.69) is 20.8 Å². The van der Waals surface area contributed by atoms with Crippen LogP contribution in [0.15, 0.2) is 30.3 Å². The Balaban J connectivity index is 2.32. The summed E-state index contributed by atoms with van der Waals surface area (Å²) in [5.41, 5.74) is 6.25. The Bertz CT molecular complexity index is 276. The molecule has 2 heteroatoms. The van der Waals surface area contributed by atoms with Gasteiger partial charge in [-0.15, -0.1) is 0 Å². The van der Waals surface area contributed by atoms with E-state index >= 15 is 0 Å². The number of nitrogens with two attached hydrogens (primary N) is 1. The van der Waals surface area contributed by atoms with Crippen molar-refractivity contribution < 1.29 is 4.74 Å². The first-order chi connectivity index (χ1) is 6.97. The van der Waals surface area contributed by atoms with Crippen LogP contribution >= 0.6 is 0 Å². The first-order valence-electron chi connectivity index (χ1n) is 5.41. The molecule has 0 heterocycles. The third-order valence-electron chi connectivity index (χ3n) is 2.08. The molecule has 1 aromatic rings. The first kappa shape index (κ1) is 12.1. The van der Waals surface area contributed by atoms with E-state index in [1.54, 1.807) is 0 Å². The second-order valence-electron chi connectivity index (χ2n) is 5.15. The average molecular weight is 207 g/mol. The molecule has 84 valence electrons. The van der Waals surface area contributed by atoms with Crippen molar-refractivity contribution in [2.75, 3.05) is 6.61 Å². The highest BCUT2D eigenvalue weighted by Gasteiger charge is 2.15. The molecule has 0 spiro atoms. The van der Waals surface area contributed by atoms with Crippen LogP contribution in [-0.2, 0) is 0 Å². The SMILES string of the molecule is CC(C)(C)CC(N)COc1ccccc1. The number of ether oxygens (including phenoxy) is 1. The number of rotatable bonds is 4. The zero-order valence-corrected chi connectivity index (χ0v) is 9.86. The van der Waals surface area contributed by atoms with Crippen LogP contribution in [0.25, 0.3) is 0 Å². The third-order valence-corrected chi connectivity index (χ3v) is 2.08. The van der Waals surface area contributed by atoms with Gasteiger partial charge in [-0.05, 0) is 24.0 Å². The Labute approximate surface area is 92.4 Å². The zero-order valence-electron chi connectivity index (χ0n) is 9.86. The minimum atomic E-state index is 0.102. The lowest BCUT2D eigenvalue weighted by Gasteiger charge is -2.23. The summed E-state index contributed by atoms with van der Waals surface area (Å²) in [6.45, 7) is 7.15. The third kappa shape index (κ3) is 5.43. The molecular weight excluding hydrogens is 186 g/mol. The molecule has 0 aliphatic heterocycles. The fourth-order valence-corrected chi connectivity index (χ4v) is 1.57. The predicted octanol–water partition coefficient (Wildman–Crippen LogP) is 2.83. The molecule has 15 heavy (non-hydrogen) atoms. The second kappa shape index (κ2) is 5.17. The van der Waals surface area contributed by atoms with E-state index in [0.717, 1.165) is 12.2 Å². The molecule has 0 saturated carbocycles. The van der Waals surface area contributed by atoms with Crippen LogP contribution in [0.2, 0.25) is 0 Å². The van der Waals surface area contributed by atoms with Crippen LogP contribution in [-0.4, -0.2) is 12.6 Å². The van der Waals surface area contributed by atoms with E-state index in [-0.39, 0.29) is 11.5 Å². The van der Waals surface area contributed by atoms with Crippen molar-refractivity contribution in [3.05, 3.63) is 30.3 Å². The summed E-state index contributed by atoms with van der Waals surface area (Å²) in [7, 11) is 0. The van der Waals surface area contributed by atoms with Gasteiger partial charge in [-0.3, -0.25) is 0 Å². The van der Waals surface area contributed by atoms with Gasteiger partial charge in [-0.2, -0.15) is 0 Å². The zero-order chi connectivity index (χ0) is 11.3. The fraction of sp³-hybridized carbons (Fsp3) is 0.538. The van der Waals surface area contributed by atoms with Crippen molar-refractivity contribution in [2.45, 2.75) is 33.2 Å². The van der Waals surface area contributed by atoms with Crippen molar-refractivity contribution in [3.8, 4) is 5.75 Å². The van der Waals surface area contributed by atoms with Crippen molar-refractivity contribution in [1.29, 1.82) is 0 Å². The topological polar surface area (TPSA) is 35.2 Å². The molecule has 0 radical (unpaired) electrons. The van der Waals surface area contributed by atoms with Gasteiger partial charge in [0.15, 0.2) is 0 Å². The number of para-hydroxylation sites is 1. The minimum absolute atomic E-state index is 0.102. The number of hydrogen-bond acceptors (Lipinski definition) is 2. The molecule has 0 amide bonds. The lowest BCUT2D eigenvalue weighted by Crippen LogP contribution is -2.32. The van der Waals surface area contributed by atoms with Gasteiger partial charge in [-0.25, -0.2) is 0 Å². The van der Waals surface area contributed by atoms with Crippen LogP contribution < -0.4 is 10.5 Å². The normalized spacial score (nSPS) is 13.6. The fourth-order valence-electron chi connectivity index (χ4n) is 1.57. The van der Waals surface area contributed by atoms with E-state index in [9.17, 15) is 0 Å². The largest absolute Gasteiger partial charge is 0.492 e. The highest BCUT2D eigenvalue weighted by atomic mass is 16.5. The van der Waals surface area contributed by atoms with E-state index in [1.807, 2.05) is 30.3 Å². The van der Waals surface area contributed by atoms with Gasteiger partial charge in [0.1, 0.15) is 12.4 Å². The molecule has 0 aromatic heterocycles. The molecule has 2 N–H and O–H groups in total. The van der Waals surface area contributed by atoms with Crippen molar-refractivity contribution in [3.63, 3.8) is 0 Å². The predicted molar refractivity (Wildman–Crippen MR) is 64.0 cm³/mol. The molecule has 0 aliphatic rings.